The highest BCUT2D eigenvalue weighted by atomic mass is 79.9. The van der Waals surface area contributed by atoms with Crippen LogP contribution in [0.5, 0.6) is 0 Å². The third kappa shape index (κ3) is 2.83. The number of anilines is 2. The number of nitrogens with zero attached hydrogens (tertiary/aromatic N) is 3. The smallest absolute Gasteiger partial charge is 0.250 e. The minimum atomic E-state index is -0.203. The highest BCUT2D eigenvalue weighted by molar-refractivity contribution is 9.10. The molecule has 0 fully saturated rings. The molecule has 0 saturated carbocycles. The van der Waals surface area contributed by atoms with Gasteiger partial charge in [0.1, 0.15) is 11.2 Å². The second kappa shape index (κ2) is 5.85. The highest BCUT2D eigenvalue weighted by Gasteiger charge is 2.15. The van der Waals surface area contributed by atoms with E-state index in [1.807, 2.05) is 24.3 Å². The van der Waals surface area contributed by atoms with Crippen LogP contribution in [0.15, 0.2) is 53.3 Å². The van der Waals surface area contributed by atoms with Crippen LogP contribution < -0.4 is 11.1 Å². The van der Waals surface area contributed by atoms with E-state index in [0.29, 0.717) is 17.1 Å². The van der Waals surface area contributed by atoms with Gasteiger partial charge in [-0.1, -0.05) is 18.7 Å². The van der Waals surface area contributed by atoms with Crippen LogP contribution in [0.3, 0.4) is 0 Å². The summed E-state index contributed by atoms with van der Waals surface area (Å²) >= 11 is 3.53. The van der Waals surface area contributed by atoms with E-state index in [1.54, 1.807) is 23.8 Å². The Morgan fingerprint density at radius 2 is 2.04 bits per heavy atom. The first-order valence-electron chi connectivity index (χ1n) is 6.83. The van der Waals surface area contributed by atoms with Gasteiger partial charge in [0.05, 0.1) is 4.47 Å². The Bertz CT molecular complexity index is 914. The van der Waals surface area contributed by atoms with Crippen molar-refractivity contribution in [3.63, 3.8) is 0 Å². The molecule has 3 N–H and O–H groups in total. The van der Waals surface area contributed by atoms with Gasteiger partial charge in [-0.3, -0.25) is 4.79 Å². The highest BCUT2D eigenvalue weighted by Crippen LogP contribution is 2.33. The zero-order valence-electron chi connectivity index (χ0n) is 12.4. The molecular weight excluding hydrogens is 358 g/mol. The van der Waals surface area contributed by atoms with Crippen LogP contribution in [-0.2, 0) is 4.79 Å². The number of carbonyl (C=O) groups is 1. The quantitative estimate of drug-likeness (QED) is 0.691. The molecule has 6 nitrogen and oxygen atoms in total. The molecule has 1 amide bonds. The van der Waals surface area contributed by atoms with E-state index in [0.717, 1.165) is 21.2 Å². The van der Waals surface area contributed by atoms with Crippen molar-refractivity contribution < 1.29 is 4.79 Å². The minimum Gasteiger partial charge on any atom is -0.382 e. The van der Waals surface area contributed by atoms with Gasteiger partial charge in [0, 0.05) is 29.2 Å². The van der Waals surface area contributed by atoms with Crippen LogP contribution in [0.4, 0.5) is 11.5 Å². The fraction of sp³-hybridized carbons (Fsp3) is 0.0625. The molecule has 2 aromatic heterocycles. The number of hydrogen-bond acceptors (Lipinski definition) is 4. The van der Waals surface area contributed by atoms with E-state index < -0.39 is 0 Å². The Labute approximate surface area is 141 Å². The van der Waals surface area contributed by atoms with E-state index in [9.17, 15) is 4.79 Å². The second-order valence-corrected chi connectivity index (χ2v) is 5.87. The normalized spacial score (nSPS) is 10.7. The molecule has 0 aliphatic carbocycles. The number of benzene rings is 1. The third-order valence-corrected chi connectivity index (χ3v) is 4.07. The van der Waals surface area contributed by atoms with Crippen molar-refractivity contribution in [1.82, 2.24) is 14.6 Å². The van der Waals surface area contributed by atoms with Gasteiger partial charge >= 0.3 is 0 Å². The van der Waals surface area contributed by atoms with E-state index in [-0.39, 0.29) is 5.91 Å². The molecule has 0 unspecified atom stereocenters. The first-order valence-corrected chi connectivity index (χ1v) is 7.62. The van der Waals surface area contributed by atoms with Gasteiger partial charge in [-0.05, 0) is 35.0 Å². The molecule has 0 radical (unpaired) electrons. The standard InChI is InChI=1S/C16H14BrN5O/c1-9(2)16(23)20-11-5-3-10(4-6-11)13-12(17)14-15(18)19-7-8-22(14)21-13/h3-8H,1H2,2H3,(H2,18,19)(H,20,23). The summed E-state index contributed by atoms with van der Waals surface area (Å²) < 4.78 is 2.46. The number of nitrogen functional groups attached to an aromatic ring is 1. The predicted octanol–water partition coefficient (Wildman–Crippen LogP) is 3.26. The Balaban J connectivity index is 1.97. The molecular formula is C16H14BrN5O. The summed E-state index contributed by atoms with van der Waals surface area (Å²) in [4.78, 5) is 15.7. The number of nitrogens with two attached hydrogens (primary N) is 1. The van der Waals surface area contributed by atoms with Gasteiger partial charge in [-0.25, -0.2) is 9.50 Å². The van der Waals surface area contributed by atoms with E-state index in [2.05, 4.69) is 37.9 Å². The Hall–Kier alpha value is -2.67. The molecule has 0 saturated heterocycles. The molecule has 0 bridgehead atoms. The largest absolute Gasteiger partial charge is 0.382 e. The lowest BCUT2D eigenvalue weighted by atomic mass is 10.1. The summed E-state index contributed by atoms with van der Waals surface area (Å²) in [5.74, 6) is 0.203. The van der Waals surface area contributed by atoms with Crippen molar-refractivity contribution in [3.8, 4) is 11.3 Å². The SMILES string of the molecule is C=C(C)C(=O)Nc1ccc(-c2nn3ccnc(N)c3c2Br)cc1. The third-order valence-electron chi connectivity index (χ3n) is 3.32. The van der Waals surface area contributed by atoms with Crippen molar-refractivity contribution in [2.24, 2.45) is 0 Å². The summed E-state index contributed by atoms with van der Waals surface area (Å²) in [7, 11) is 0. The first-order chi connectivity index (χ1) is 11.0. The zero-order chi connectivity index (χ0) is 16.6. The Morgan fingerprint density at radius 1 is 1.35 bits per heavy atom. The van der Waals surface area contributed by atoms with Gasteiger partial charge < -0.3 is 11.1 Å². The predicted molar refractivity (Wildman–Crippen MR) is 94.0 cm³/mol. The molecule has 2 heterocycles. The van der Waals surface area contributed by atoms with Crippen LogP contribution in [0.1, 0.15) is 6.92 Å². The molecule has 0 aliphatic heterocycles. The van der Waals surface area contributed by atoms with Crippen molar-refractivity contribution >= 4 is 38.9 Å². The maximum Gasteiger partial charge on any atom is 0.250 e. The van der Waals surface area contributed by atoms with Crippen LogP contribution in [0.2, 0.25) is 0 Å². The Morgan fingerprint density at radius 3 is 2.65 bits per heavy atom. The summed E-state index contributed by atoms with van der Waals surface area (Å²) in [6.07, 6.45) is 3.34. The number of carbonyl (C=O) groups excluding carboxylic acids is 1. The average molecular weight is 372 g/mol. The number of rotatable bonds is 3. The zero-order valence-corrected chi connectivity index (χ0v) is 14.0. The molecule has 116 valence electrons. The number of amides is 1. The number of fused-ring (bicyclic) bond motifs is 1. The fourth-order valence-corrected chi connectivity index (χ4v) is 2.82. The molecule has 0 atom stereocenters. The van der Waals surface area contributed by atoms with E-state index >= 15 is 0 Å². The maximum atomic E-state index is 11.6. The van der Waals surface area contributed by atoms with Crippen LogP contribution in [0.25, 0.3) is 16.8 Å². The van der Waals surface area contributed by atoms with Crippen molar-refractivity contribution in [2.75, 3.05) is 11.1 Å². The lowest BCUT2D eigenvalue weighted by Crippen LogP contribution is -2.11. The molecule has 1 aromatic carbocycles. The number of halogens is 1. The van der Waals surface area contributed by atoms with Gasteiger partial charge in [0.15, 0.2) is 5.82 Å². The second-order valence-electron chi connectivity index (χ2n) is 5.08. The monoisotopic (exact) mass is 371 g/mol. The molecule has 7 heteroatoms. The van der Waals surface area contributed by atoms with Gasteiger partial charge in [-0.2, -0.15) is 5.10 Å². The number of aromatic nitrogens is 3. The van der Waals surface area contributed by atoms with Crippen LogP contribution in [0, 0.1) is 0 Å². The molecule has 3 aromatic rings. The minimum absolute atomic E-state index is 0.203. The maximum absolute atomic E-state index is 11.6. The topological polar surface area (TPSA) is 85.3 Å². The fourth-order valence-electron chi connectivity index (χ4n) is 2.12. The molecule has 23 heavy (non-hydrogen) atoms. The summed E-state index contributed by atoms with van der Waals surface area (Å²) in [6, 6.07) is 7.39. The van der Waals surface area contributed by atoms with Crippen molar-refractivity contribution in [3.05, 3.63) is 53.3 Å². The van der Waals surface area contributed by atoms with E-state index in [4.69, 9.17) is 5.73 Å². The van der Waals surface area contributed by atoms with E-state index in [1.165, 1.54) is 0 Å². The summed E-state index contributed by atoms with van der Waals surface area (Å²) in [5.41, 5.74) is 9.43. The van der Waals surface area contributed by atoms with Crippen LogP contribution in [-0.4, -0.2) is 20.5 Å². The van der Waals surface area contributed by atoms with Gasteiger partial charge in [0.2, 0.25) is 0 Å². The van der Waals surface area contributed by atoms with Gasteiger partial charge in [-0.15, -0.1) is 0 Å². The molecule has 3 rings (SSSR count). The average Bonchev–Trinajstić information content (AvgIpc) is 2.86. The molecule has 0 aliphatic rings. The number of nitrogens with one attached hydrogen (secondary N) is 1. The summed E-state index contributed by atoms with van der Waals surface area (Å²) in [5, 5.41) is 7.28. The number of hydrogen-bond donors (Lipinski definition) is 2. The van der Waals surface area contributed by atoms with Crippen molar-refractivity contribution in [1.29, 1.82) is 0 Å². The summed E-state index contributed by atoms with van der Waals surface area (Å²) in [6.45, 7) is 5.27. The molecule has 0 spiro atoms. The van der Waals surface area contributed by atoms with Gasteiger partial charge in [0.25, 0.3) is 5.91 Å². The van der Waals surface area contributed by atoms with Crippen molar-refractivity contribution in [2.45, 2.75) is 6.92 Å². The van der Waals surface area contributed by atoms with Crippen LogP contribution >= 0.6 is 15.9 Å². The first kappa shape index (κ1) is 15.2. The lowest BCUT2D eigenvalue weighted by molar-refractivity contribution is -0.112. The Kier molecular flexibility index (Phi) is 3.87. The lowest BCUT2D eigenvalue weighted by Gasteiger charge is -2.05.